The Morgan fingerprint density at radius 1 is 1.40 bits per heavy atom. The first-order valence-corrected chi connectivity index (χ1v) is 6.61. The molecule has 1 heterocycles. The van der Waals surface area contributed by atoms with E-state index in [1.165, 1.54) is 6.42 Å². The molecule has 0 aromatic heterocycles. The van der Waals surface area contributed by atoms with Gasteiger partial charge in [0.15, 0.2) is 5.78 Å². The maximum absolute atomic E-state index is 11.8. The number of rotatable bonds is 2. The van der Waals surface area contributed by atoms with E-state index in [0.29, 0.717) is 5.33 Å². The highest BCUT2D eigenvalue weighted by Gasteiger charge is 2.52. The van der Waals surface area contributed by atoms with E-state index in [0.717, 1.165) is 25.7 Å². The summed E-state index contributed by atoms with van der Waals surface area (Å²) in [5, 5.41) is 0.329. The highest BCUT2D eigenvalue weighted by Crippen LogP contribution is 2.44. The number of Topliss-reactive ketones (excluding diaryl/α,β-unsaturated/α-hetero) is 1. The minimum atomic E-state index is -0.444. The van der Waals surface area contributed by atoms with Gasteiger partial charge in [-0.2, -0.15) is 0 Å². The van der Waals surface area contributed by atoms with E-state index in [4.69, 9.17) is 4.74 Å². The lowest BCUT2D eigenvalue weighted by Crippen LogP contribution is -2.41. The summed E-state index contributed by atoms with van der Waals surface area (Å²) in [7, 11) is 0. The molecule has 1 saturated heterocycles. The van der Waals surface area contributed by atoms with Crippen LogP contribution in [-0.4, -0.2) is 22.7 Å². The maximum atomic E-state index is 11.8. The number of hydrogen-bond acceptors (Lipinski definition) is 3. The molecule has 1 spiro atoms. The number of carbonyl (C=O) groups is 2. The second-order valence-electron chi connectivity index (χ2n) is 4.46. The van der Waals surface area contributed by atoms with Crippen molar-refractivity contribution in [3.8, 4) is 0 Å². The lowest BCUT2D eigenvalue weighted by Gasteiger charge is -2.35. The van der Waals surface area contributed by atoms with Crippen LogP contribution in [0.2, 0.25) is 0 Å². The molecule has 3 nitrogen and oxygen atoms in total. The van der Waals surface area contributed by atoms with Gasteiger partial charge in [-0.05, 0) is 25.7 Å². The SMILES string of the molecule is O=C1C[C@@H](C(=O)CBr)C2(CCCCC2)O1. The summed E-state index contributed by atoms with van der Waals surface area (Å²) in [4.78, 5) is 23.1. The van der Waals surface area contributed by atoms with Crippen LogP contribution in [-0.2, 0) is 14.3 Å². The lowest BCUT2D eigenvalue weighted by atomic mass is 9.74. The fourth-order valence-corrected chi connectivity index (χ4v) is 3.18. The van der Waals surface area contributed by atoms with E-state index in [9.17, 15) is 9.59 Å². The molecule has 0 radical (unpaired) electrons. The third-order valence-corrected chi connectivity index (χ3v) is 4.10. The molecule has 0 aromatic rings. The van der Waals surface area contributed by atoms with Gasteiger partial charge in [-0.1, -0.05) is 22.4 Å². The van der Waals surface area contributed by atoms with Crippen LogP contribution in [0.15, 0.2) is 0 Å². The monoisotopic (exact) mass is 274 g/mol. The summed E-state index contributed by atoms with van der Waals surface area (Å²) in [6.07, 6.45) is 5.34. The van der Waals surface area contributed by atoms with Gasteiger partial charge in [0.2, 0.25) is 0 Å². The first-order valence-electron chi connectivity index (χ1n) is 5.48. The minimum absolute atomic E-state index is 0.114. The predicted molar refractivity (Wildman–Crippen MR) is 58.8 cm³/mol. The summed E-state index contributed by atoms with van der Waals surface area (Å²) in [6.45, 7) is 0. The molecule has 0 unspecified atom stereocenters. The standard InChI is InChI=1S/C11H15BrO3/c12-7-9(13)8-6-10(14)15-11(8)4-2-1-3-5-11/h8H,1-7H2/t8-/m0/s1. The number of hydrogen-bond donors (Lipinski definition) is 0. The van der Waals surface area contributed by atoms with Gasteiger partial charge in [0, 0.05) is 0 Å². The van der Waals surface area contributed by atoms with E-state index in [-0.39, 0.29) is 24.1 Å². The Balaban J connectivity index is 2.19. The van der Waals surface area contributed by atoms with Crippen molar-refractivity contribution in [1.29, 1.82) is 0 Å². The highest BCUT2D eigenvalue weighted by molar-refractivity contribution is 9.09. The van der Waals surface area contributed by atoms with Crippen LogP contribution in [0, 0.1) is 5.92 Å². The summed E-state index contributed by atoms with van der Waals surface area (Å²) < 4.78 is 5.44. The van der Waals surface area contributed by atoms with E-state index in [2.05, 4.69) is 15.9 Å². The Morgan fingerprint density at radius 2 is 2.07 bits per heavy atom. The Bertz CT molecular complexity index is 282. The van der Waals surface area contributed by atoms with Gasteiger partial charge in [-0.3, -0.25) is 9.59 Å². The fourth-order valence-electron chi connectivity index (χ4n) is 2.79. The average molecular weight is 275 g/mol. The molecule has 1 saturated carbocycles. The molecular formula is C11H15BrO3. The molecule has 2 aliphatic rings. The molecule has 1 atom stereocenters. The number of ketones is 1. The summed E-state index contributed by atoms with van der Waals surface area (Å²) >= 11 is 3.18. The van der Waals surface area contributed by atoms with Crippen molar-refractivity contribution in [2.45, 2.75) is 44.1 Å². The zero-order valence-electron chi connectivity index (χ0n) is 8.63. The van der Waals surface area contributed by atoms with Crippen molar-refractivity contribution in [1.82, 2.24) is 0 Å². The molecule has 0 N–H and O–H groups in total. The van der Waals surface area contributed by atoms with Gasteiger partial charge in [0.25, 0.3) is 0 Å². The van der Waals surface area contributed by atoms with Gasteiger partial charge >= 0.3 is 5.97 Å². The van der Waals surface area contributed by atoms with Gasteiger partial charge in [0.1, 0.15) is 5.60 Å². The van der Waals surface area contributed by atoms with Crippen LogP contribution in [0.4, 0.5) is 0 Å². The third kappa shape index (κ3) is 1.96. The van der Waals surface area contributed by atoms with Gasteiger partial charge in [0.05, 0.1) is 17.7 Å². The quantitative estimate of drug-likeness (QED) is 0.573. The van der Waals surface area contributed by atoms with Crippen LogP contribution in [0.3, 0.4) is 0 Å². The van der Waals surface area contributed by atoms with Gasteiger partial charge in [-0.25, -0.2) is 0 Å². The Kier molecular flexibility index (Phi) is 3.14. The van der Waals surface area contributed by atoms with Crippen molar-refractivity contribution in [2.75, 3.05) is 5.33 Å². The molecule has 0 aromatic carbocycles. The first kappa shape index (κ1) is 11.1. The molecular weight excluding hydrogens is 260 g/mol. The highest BCUT2D eigenvalue weighted by atomic mass is 79.9. The topological polar surface area (TPSA) is 43.4 Å². The third-order valence-electron chi connectivity index (χ3n) is 3.54. The van der Waals surface area contributed by atoms with Crippen LogP contribution in [0.5, 0.6) is 0 Å². The van der Waals surface area contributed by atoms with E-state index < -0.39 is 5.60 Å². The molecule has 0 bridgehead atoms. The largest absolute Gasteiger partial charge is 0.458 e. The van der Waals surface area contributed by atoms with E-state index >= 15 is 0 Å². The summed E-state index contributed by atoms with van der Waals surface area (Å²) in [5.41, 5.74) is -0.444. The predicted octanol–water partition coefficient (Wildman–Crippen LogP) is 2.22. The van der Waals surface area contributed by atoms with Gasteiger partial charge < -0.3 is 4.74 Å². The number of ether oxygens (including phenoxy) is 1. The molecule has 1 aliphatic carbocycles. The van der Waals surface area contributed by atoms with Crippen molar-refractivity contribution in [3.05, 3.63) is 0 Å². The zero-order valence-corrected chi connectivity index (χ0v) is 10.2. The molecule has 2 rings (SSSR count). The average Bonchev–Trinajstić information content (AvgIpc) is 2.55. The summed E-state index contributed by atoms with van der Waals surface area (Å²) in [5.74, 6) is -0.288. The summed E-state index contributed by atoms with van der Waals surface area (Å²) in [6, 6.07) is 0. The van der Waals surface area contributed by atoms with Crippen LogP contribution in [0.25, 0.3) is 0 Å². The Labute approximate surface area is 97.7 Å². The number of esters is 1. The molecule has 1 aliphatic heterocycles. The number of alkyl halides is 1. The van der Waals surface area contributed by atoms with Crippen LogP contribution < -0.4 is 0 Å². The number of halogens is 1. The van der Waals surface area contributed by atoms with Crippen LogP contribution >= 0.6 is 15.9 Å². The molecule has 84 valence electrons. The van der Waals surface area contributed by atoms with Crippen LogP contribution in [0.1, 0.15) is 38.5 Å². The Hall–Kier alpha value is -0.380. The smallest absolute Gasteiger partial charge is 0.307 e. The van der Waals surface area contributed by atoms with Crippen molar-refractivity contribution in [3.63, 3.8) is 0 Å². The first-order chi connectivity index (χ1) is 7.18. The molecule has 4 heteroatoms. The zero-order chi connectivity index (χ0) is 10.9. The Morgan fingerprint density at radius 3 is 2.67 bits per heavy atom. The lowest BCUT2D eigenvalue weighted by molar-refractivity contribution is -0.153. The number of carbonyl (C=O) groups excluding carboxylic acids is 2. The van der Waals surface area contributed by atoms with Crippen molar-refractivity contribution < 1.29 is 14.3 Å². The molecule has 2 fully saturated rings. The van der Waals surface area contributed by atoms with Gasteiger partial charge in [-0.15, -0.1) is 0 Å². The maximum Gasteiger partial charge on any atom is 0.307 e. The van der Waals surface area contributed by atoms with Crippen molar-refractivity contribution >= 4 is 27.7 Å². The molecule has 15 heavy (non-hydrogen) atoms. The minimum Gasteiger partial charge on any atom is -0.458 e. The second kappa shape index (κ2) is 4.24. The van der Waals surface area contributed by atoms with Crippen molar-refractivity contribution in [2.24, 2.45) is 5.92 Å². The normalized spacial score (nSPS) is 29.1. The molecule has 0 amide bonds. The van der Waals surface area contributed by atoms with E-state index in [1.54, 1.807) is 0 Å². The fraction of sp³-hybridized carbons (Fsp3) is 0.818. The second-order valence-corrected chi connectivity index (χ2v) is 5.02. The van der Waals surface area contributed by atoms with E-state index in [1.807, 2.05) is 0 Å².